The van der Waals surface area contributed by atoms with E-state index in [4.69, 9.17) is 30.3 Å². The lowest BCUT2D eigenvalue weighted by atomic mass is 10.1. The third-order valence-corrected chi connectivity index (χ3v) is 5.95. The van der Waals surface area contributed by atoms with Crippen LogP contribution in [-0.2, 0) is 9.47 Å². The Hall–Kier alpha value is -3.75. The van der Waals surface area contributed by atoms with E-state index in [1.807, 2.05) is 31.2 Å². The fourth-order valence-corrected chi connectivity index (χ4v) is 3.79. The first-order chi connectivity index (χ1) is 17.6. The SMILES string of the molecule is C/C(=N\Nc1nnc(C)n1N)c1ccc(Nc2nc(N3CCOCC3)nc(N3CCOCC3)n2)cc1.Cl. The molecule has 3 aromatic rings. The van der Waals surface area contributed by atoms with Crippen molar-refractivity contribution in [1.29, 1.82) is 0 Å². The van der Waals surface area contributed by atoms with E-state index in [-0.39, 0.29) is 12.4 Å². The maximum Gasteiger partial charge on any atom is 0.263 e. The average Bonchev–Trinajstić information content (AvgIpc) is 3.25. The van der Waals surface area contributed by atoms with Crippen molar-refractivity contribution in [3.8, 4) is 0 Å². The summed E-state index contributed by atoms with van der Waals surface area (Å²) in [7, 11) is 0. The maximum atomic E-state index is 5.85. The lowest BCUT2D eigenvalue weighted by Gasteiger charge is -2.30. The van der Waals surface area contributed by atoms with Crippen LogP contribution in [0.2, 0.25) is 0 Å². The number of nitrogens with one attached hydrogen (secondary N) is 2. The summed E-state index contributed by atoms with van der Waals surface area (Å²) in [6, 6.07) is 7.84. The Kier molecular flexibility index (Phi) is 8.53. The van der Waals surface area contributed by atoms with Crippen molar-refractivity contribution in [2.45, 2.75) is 13.8 Å². The number of aromatic nitrogens is 6. The van der Waals surface area contributed by atoms with E-state index in [0.717, 1.165) is 43.1 Å². The molecule has 0 radical (unpaired) electrons. The number of nitrogens with zero attached hydrogens (tertiary/aromatic N) is 9. The zero-order valence-corrected chi connectivity index (χ0v) is 21.6. The zero-order chi connectivity index (χ0) is 24.9. The first-order valence-electron chi connectivity index (χ1n) is 11.8. The van der Waals surface area contributed by atoms with Gasteiger partial charge in [-0.2, -0.15) is 20.1 Å². The molecule has 2 aromatic heterocycles. The van der Waals surface area contributed by atoms with Crippen LogP contribution in [0.25, 0.3) is 0 Å². The van der Waals surface area contributed by atoms with Crippen LogP contribution in [0.4, 0.5) is 29.5 Å². The Bertz CT molecular complexity index is 1170. The summed E-state index contributed by atoms with van der Waals surface area (Å²) in [6.45, 7) is 9.25. The molecule has 0 bridgehead atoms. The van der Waals surface area contributed by atoms with E-state index in [1.165, 1.54) is 4.68 Å². The molecule has 37 heavy (non-hydrogen) atoms. The second-order valence-corrected chi connectivity index (χ2v) is 8.41. The van der Waals surface area contributed by atoms with Gasteiger partial charge in [-0.1, -0.05) is 12.1 Å². The molecule has 4 heterocycles. The Labute approximate surface area is 220 Å². The minimum absolute atomic E-state index is 0. The standard InChI is InChI=1S/C22H30N12O2.ClH/c1-15(28-30-22-31-29-16(2)34(22)23)17-3-5-18(6-4-17)24-19-25-20(32-7-11-35-12-8-32)27-21(26-19)33-9-13-36-14-10-33;/h3-6H,7-14,23H2,1-2H3,(H,30,31)(H,24,25,26,27);1H/b28-15+;. The van der Waals surface area contributed by atoms with Crippen LogP contribution in [0.1, 0.15) is 18.3 Å². The largest absolute Gasteiger partial charge is 0.378 e. The summed E-state index contributed by atoms with van der Waals surface area (Å²) in [5.41, 5.74) is 5.40. The normalized spacial score (nSPS) is 16.3. The van der Waals surface area contributed by atoms with Crippen molar-refractivity contribution in [2.24, 2.45) is 5.10 Å². The molecule has 5 rings (SSSR count). The first kappa shape index (κ1) is 26.3. The Morgan fingerprint density at radius 1 is 0.892 bits per heavy atom. The van der Waals surface area contributed by atoms with Gasteiger partial charge in [0.15, 0.2) is 5.82 Å². The number of ether oxygens (including phenoxy) is 2. The van der Waals surface area contributed by atoms with Gasteiger partial charge >= 0.3 is 0 Å². The fraction of sp³-hybridized carbons (Fsp3) is 0.455. The van der Waals surface area contributed by atoms with Gasteiger partial charge in [-0.3, -0.25) is 0 Å². The number of anilines is 5. The molecule has 0 atom stereocenters. The van der Waals surface area contributed by atoms with Crippen molar-refractivity contribution in [3.05, 3.63) is 35.7 Å². The second-order valence-electron chi connectivity index (χ2n) is 8.41. The number of morpholine rings is 2. The van der Waals surface area contributed by atoms with E-state index in [0.29, 0.717) is 56.0 Å². The van der Waals surface area contributed by atoms with Crippen LogP contribution >= 0.6 is 12.4 Å². The molecule has 2 aliphatic heterocycles. The van der Waals surface area contributed by atoms with Crippen LogP contribution in [-0.4, -0.2) is 88.1 Å². The third kappa shape index (κ3) is 6.34. The Morgan fingerprint density at radius 2 is 1.46 bits per heavy atom. The van der Waals surface area contributed by atoms with Crippen molar-refractivity contribution in [1.82, 2.24) is 29.8 Å². The molecule has 2 saturated heterocycles. The molecular formula is C22H31ClN12O2. The number of hydrazone groups is 1. The smallest absolute Gasteiger partial charge is 0.263 e. The zero-order valence-electron chi connectivity index (χ0n) is 20.8. The number of hydrogen-bond donors (Lipinski definition) is 3. The van der Waals surface area contributed by atoms with Gasteiger partial charge in [0.05, 0.1) is 32.1 Å². The van der Waals surface area contributed by atoms with Gasteiger partial charge in [-0.15, -0.1) is 22.6 Å². The number of halogens is 1. The van der Waals surface area contributed by atoms with Gasteiger partial charge in [0.1, 0.15) is 0 Å². The molecular weight excluding hydrogens is 500 g/mol. The highest BCUT2D eigenvalue weighted by molar-refractivity contribution is 5.99. The van der Waals surface area contributed by atoms with Crippen molar-refractivity contribution >= 4 is 47.6 Å². The van der Waals surface area contributed by atoms with Crippen molar-refractivity contribution in [2.75, 3.05) is 79.0 Å². The Balaban J connectivity index is 0.00000320. The monoisotopic (exact) mass is 530 g/mol. The van der Waals surface area contributed by atoms with Gasteiger partial charge in [-0.05, 0) is 31.5 Å². The first-order valence-corrected chi connectivity index (χ1v) is 11.8. The van der Waals surface area contributed by atoms with Gasteiger partial charge in [0, 0.05) is 31.9 Å². The molecule has 198 valence electrons. The molecule has 0 spiro atoms. The number of hydrogen-bond acceptors (Lipinski definition) is 13. The second kappa shape index (κ2) is 12.0. The molecule has 0 saturated carbocycles. The number of benzene rings is 1. The summed E-state index contributed by atoms with van der Waals surface area (Å²) in [5.74, 6) is 8.59. The number of aryl methyl sites for hydroxylation is 1. The van der Waals surface area contributed by atoms with Crippen LogP contribution < -0.4 is 26.4 Å². The van der Waals surface area contributed by atoms with E-state index in [2.05, 4.69) is 35.8 Å². The lowest BCUT2D eigenvalue weighted by Crippen LogP contribution is -2.40. The molecule has 0 aliphatic carbocycles. The lowest BCUT2D eigenvalue weighted by molar-refractivity contribution is 0.121. The van der Waals surface area contributed by atoms with Crippen LogP contribution in [0, 0.1) is 6.92 Å². The van der Waals surface area contributed by atoms with Gasteiger partial charge < -0.3 is 30.4 Å². The highest BCUT2D eigenvalue weighted by Crippen LogP contribution is 2.21. The minimum atomic E-state index is 0. The van der Waals surface area contributed by atoms with Crippen LogP contribution in [0.15, 0.2) is 29.4 Å². The summed E-state index contributed by atoms with van der Waals surface area (Å²) in [5, 5.41) is 15.5. The summed E-state index contributed by atoms with van der Waals surface area (Å²) >= 11 is 0. The topological polar surface area (TPSA) is 157 Å². The van der Waals surface area contributed by atoms with Crippen LogP contribution in [0.5, 0.6) is 0 Å². The summed E-state index contributed by atoms with van der Waals surface area (Å²) in [6.07, 6.45) is 0. The predicted octanol–water partition coefficient (Wildman–Crippen LogP) is 1.16. The van der Waals surface area contributed by atoms with Gasteiger partial charge in [0.25, 0.3) is 5.95 Å². The van der Waals surface area contributed by atoms with Crippen molar-refractivity contribution < 1.29 is 9.47 Å². The highest BCUT2D eigenvalue weighted by atomic mass is 35.5. The van der Waals surface area contributed by atoms with E-state index < -0.39 is 0 Å². The van der Waals surface area contributed by atoms with E-state index >= 15 is 0 Å². The quantitative estimate of drug-likeness (QED) is 0.228. The third-order valence-electron chi connectivity index (χ3n) is 5.95. The summed E-state index contributed by atoms with van der Waals surface area (Å²) < 4.78 is 12.3. The molecule has 0 unspecified atom stereocenters. The summed E-state index contributed by atoms with van der Waals surface area (Å²) in [4.78, 5) is 18.4. The fourth-order valence-electron chi connectivity index (χ4n) is 3.79. The Morgan fingerprint density at radius 3 is 1.97 bits per heavy atom. The molecule has 15 heteroatoms. The molecule has 2 aliphatic rings. The molecule has 14 nitrogen and oxygen atoms in total. The molecule has 0 amide bonds. The number of rotatable bonds is 7. The molecule has 1 aromatic carbocycles. The maximum absolute atomic E-state index is 5.85. The van der Waals surface area contributed by atoms with Gasteiger partial charge in [0.2, 0.25) is 17.8 Å². The van der Waals surface area contributed by atoms with Crippen LogP contribution in [0.3, 0.4) is 0 Å². The van der Waals surface area contributed by atoms with Gasteiger partial charge in [-0.25, -0.2) is 10.1 Å². The molecule has 4 N–H and O–H groups in total. The van der Waals surface area contributed by atoms with E-state index in [1.54, 1.807) is 6.92 Å². The average molecular weight is 531 g/mol. The molecule has 2 fully saturated rings. The van der Waals surface area contributed by atoms with Crippen molar-refractivity contribution in [3.63, 3.8) is 0 Å². The number of nitrogen functional groups attached to an aromatic ring is 1. The highest BCUT2D eigenvalue weighted by Gasteiger charge is 2.20. The predicted molar refractivity (Wildman–Crippen MR) is 144 cm³/mol. The minimum Gasteiger partial charge on any atom is -0.378 e. The van der Waals surface area contributed by atoms with E-state index in [9.17, 15) is 0 Å². The number of nitrogens with two attached hydrogens (primary N) is 1.